The third kappa shape index (κ3) is 8.07. The molecule has 0 N–H and O–H groups in total. The van der Waals surface area contributed by atoms with Gasteiger partial charge in [-0.2, -0.15) is 0 Å². The smallest absolute Gasteiger partial charge is 0.147 e. The van der Waals surface area contributed by atoms with Gasteiger partial charge in [0.15, 0.2) is 0 Å². The van der Waals surface area contributed by atoms with E-state index in [1.165, 1.54) is 12.1 Å². The molecule has 0 heterocycles. The molecule has 11 aromatic rings. The zero-order chi connectivity index (χ0) is 56.6. The molecule has 0 spiro atoms. The maximum absolute atomic E-state index is 16.8. The molecule has 0 bridgehead atoms. The Balaban J connectivity index is 1.02. The lowest BCUT2D eigenvalue weighted by atomic mass is 9.66. The highest BCUT2D eigenvalue weighted by atomic mass is 19.1. The molecule has 2 unspecified atom stereocenters. The molecule has 0 saturated heterocycles. The molecule has 398 valence electrons. The van der Waals surface area contributed by atoms with Crippen molar-refractivity contribution < 1.29 is 17.6 Å². The number of nitrogens with zero attached hydrogens (tertiary/aromatic N) is 2. The van der Waals surface area contributed by atoms with Crippen molar-refractivity contribution in [2.75, 3.05) is 9.80 Å². The van der Waals surface area contributed by atoms with E-state index in [0.717, 1.165) is 124 Å². The van der Waals surface area contributed by atoms with Gasteiger partial charge in [-0.25, -0.2) is 17.6 Å². The van der Waals surface area contributed by atoms with Gasteiger partial charge < -0.3 is 9.80 Å². The minimum atomic E-state index is -0.828. The molecule has 2 nitrogen and oxygen atoms in total. The van der Waals surface area contributed by atoms with Crippen molar-refractivity contribution in [3.05, 3.63) is 345 Å². The summed E-state index contributed by atoms with van der Waals surface area (Å²) < 4.78 is 64.9. The van der Waals surface area contributed by atoms with Gasteiger partial charge in [0, 0.05) is 34.9 Å². The lowest BCUT2D eigenvalue weighted by Crippen LogP contribution is -2.30. The van der Waals surface area contributed by atoms with Crippen molar-refractivity contribution in [1.29, 1.82) is 0 Å². The van der Waals surface area contributed by atoms with Gasteiger partial charge >= 0.3 is 0 Å². The minimum absolute atomic E-state index is 0.00833. The average molecular weight is 1070 g/mol. The second-order valence-electron chi connectivity index (χ2n) is 21.7. The van der Waals surface area contributed by atoms with E-state index in [1.54, 1.807) is 9.80 Å². The van der Waals surface area contributed by atoms with E-state index in [2.05, 4.69) is 199 Å². The van der Waals surface area contributed by atoms with Crippen molar-refractivity contribution in [1.82, 2.24) is 0 Å². The number of benzene rings is 11. The molecule has 11 aromatic carbocycles. The second-order valence-corrected chi connectivity index (χ2v) is 21.7. The van der Waals surface area contributed by atoms with Gasteiger partial charge in [0.2, 0.25) is 0 Å². The summed E-state index contributed by atoms with van der Waals surface area (Å²) in [5, 5.41) is 0. The highest BCUT2D eigenvalue weighted by Crippen LogP contribution is 2.60. The SMILES string of the molecule is C=Cc1ccc(C2(c3cc(C)ccc3C)c3ccccc3-c3ccc(N(c4ccc(N(c5ccc6c(c5)C(c5ccc(C=C)cc5)(c5cc(C)ccc5C)c5ccccc5-6)c5cc(F)ccc5F)cc4)c4cc(F)ccc4F)cc32)cc1. The molecule has 0 aliphatic heterocycles. The summed E-state index contributed by atoms with van der Waals surface area (Å²) in [4.78, 5) is 3.46. The predicted octanol–water partition coefficient (Wildman–Crippen LogP) is 20.4. The maximum atomic E-state index is 16.8. The molecular weight excluding hydrogens is 1020 g/mol. The molecule has 0 amide bonds. The van der Waals surface area contributed by atoms with Crippen molar-refractivity contribution in [3.63, 3.8) is 0 Å². The van der Waals surface area contributed by atoms with E-state index in [9.17, 15) is 0 Å². The number of rotatable bonds is 12. The van der Waals surface area contributed by atoms with E-state index in [1.807, 2.05) is 48.6 Å². The summed E-state index contributed by atoms with van der Waals surface area (Å²) in [7, 11) is 0. The first-order valence-electron chi connectivity index (χ1n) is 27.5. The number of hydrogen-bond donors (Lipinski definition) is 0. The van der Waals surface area contributed by atoms with Crippen molar-refractivity contribution >= 4 is 46.3 Å². The number of aryl methyl sites for hydroxylation is 4. The first-order valence-corrected chi connectivity index (χ1v) is 27.5. The standard InChI is InChI=1S/C76H56F4N2/c1-7-51-21-25-53(26-22-51)75(67-41-47(3)17-19-49(67)5)65-15-11-9-13-61(65)63-37-35-59(45-69(63)75)81(73-43-55(77)29-39-71(73)79)57-31-33-58(34-32-57)82(74-44-56(78)30-40-72(74)80)60-36-38-64-62-14-10-12-16-66(62)76(70(64)46-60,54-27-23-52(8-2)24-28-54)68-42-48(4)18-20-50(68)6/h7-46H,1-2H2,3-6H3. The first-order chi connectivity index (χ1) is 39.8. The van der Waals surface area contributed by atoms with Gasteiger partial charge in [-0.15, -0.1) is 0 Å². The van der Waals surface area contributed by atoms with Crippen LogP contribution >= 0.6 is 0 Å². The zero-order valence-electron chi connectivity index (χ0n) is 45.9. The summed E-state index contributed by atoms with van der Waals surface area (Å²) in [6.45, 7) is 16.6. The summed E-state index contributed by atoms with van der Waals surface area (Å²) in [6.07, 6.45) is 3.67. The molecule has 0 aromatic heterocycles. The highest BCUT2D eigenvalue weighted by molar-refractivity contribution is 5.92. The monoisotopic (exact) mass is 1070 g/mol. The maximum Gasteiger partial charge on any atom is 0.147 e. The van der Waals surface area contributed by atoms with Crippen LogP contribution in [0.5, 0.6) is 0 Å². The molecule has 0 saturated carbocycles. The van der Waals surface area contributed by atoms with Gasteiger partial charge in [-0.1, -0.05) is 182 Å². The Morgan fingerprint density at radius 2 is 0.695 bits per heavy atom. The first kappa shape index (κ1) is 51.6. The van der Waals surface area contributed by atoms with Crippen LogP contribution in [-0.4, -0.2) is 0 Å². The van der Waals surface area contributed by atoms with Gasteiger partial charge in [0.1, 0.15) is 23.3 Å². The number of anilines is 6. The van der Waals surface area contributed by atoms with Crippen LogP contribution in [0.1, 0.15) is 77.9 Å². The fraction of sp³-hybridized carbons (Fsp3) is 0.0789. The molecule has 2 aliphatic carbocycles. The van der Waals surface area contributed by atoms with Crippen LogP contribution in [0, 0.1) is 51.0 Å². The molecule has 2 atom stereocenters. The lowest BCUT2D eigenvalue weighted by Gasteiger charge is -2.36. The van der Waals surface area contributed by atoms with Crippen molar-refractivity contribution in [2.24, 2.45) is 0 Å². The Kier molecular flexibility index (Phi) is 12.7. The third-order valence-electron chi connectivity index (χ3n) is 17.0. The van der Waals surface area contributed by atoms with E-state index in [4.69, 9.17) is 0 Å². The Labute approximate surface area is 476 Å². The third-order valence-corrected chi connectivity index (χ3v) is 17.0. The molecule has 0 radical (unpaired) electrons. The van der Waals surface area contributed by atoms with E-state index < -0.39 is 34.1 Å². The van der Waals surface area contributed by atoms with Crippen LogP contribution in [0.4, 0.5) is 51.7 Å². The molecule has 13 rings (SSSR count). The molecule has 2 aliphatic rings. The molecule has 0 fully saturated rings. The molecule has 6 heteroatoms. The Hall–Kier alpha value is -9.78. The van der Waals surface area contributed by atoms with Crippen LogP contribution in [0.15, 0.2) is 244 Å². The zero-order valence-corrected chi connectivity index (χ0v) is 45.9. The predicted molar refractivity (Wildman–Crippen MR) is 329 cm³/mol. The number of halogens is 4. The van der Waals surface area contributed by atoms with Crippen LogP contribution in [0.25, 0.3) is 34.4 Å². The van der Waals surface area contributed by atoms with Crippen LogP contribution in [0.2, 0.25) is 0 Å². The van der Waals surface area contributed by atoms with Gasteiger partial charge in [-0.3, -0.25) is 0 Å². The van der Waals surface area contributed by atoms with E-state index >= 15 is 17.6 Å². The van der Waals surface area contributed by atoms with E-state index in [0.29, 0.717) is 22.7 Å². The average Bonchev–Trinajstić information content (AvgIpc) is 2.07. The summed E-state index contributed by atoms with van der Waals surface area (Å²) in [5.74, 6) is -2.49. The topological polar surface area (TPSA) is 6.48 Å². The van der Waals surface area contributed by atoms with Crippen molar-refractivity contribution in [2.45, 2.75) is 38.5 Å². The van der Waals surface area contributed by atoms with Gasteiger partial charge in [0.05, 0.1) is 22.2 Å². The summed E-state index contributed by atoms with van der Waals surface area (Å²) in [6, 6.07) is 73.5. The van der Waals surface area contributed by atoms with E-state index in [-0.39, 0.29) is 11.4 Å². The second kappa shape index (κ2) is 20.1. The van der Waals surface area contributed by atoms with Crippen molar-refractivity contribution in [3.8, 4) is 22.3 Å². The number of hydrogen-bond acceptors (Lipinski definition) is 2. The largest absolute Gasteiger partial charge is 0.308 e. The van der Waals surface area contributed by atoms with Crippen LogP contribution in [-0.2, 0) is 10.8 Å². The highest BCUT2D eigenvalue weighted by Gasteiger charge is 2.49. The van der Waals surface area contributed by atoms with Crippen LogP contribution < -0.4 is 9.80 Å². The fourth-order valence-electron chi connectivity index (χ4n) is 13.3. The summed E-state index contributed by atoms with van der Waals surface area (Å²) in [5.41, 5.74) is 19.5. The minimum Gasteiger partial charge on any atom is -0.308 e. The van der Waals surface area contributed by atoms with Gasteiger partial charge in [0.25, 0.3) is 0 Å². The molecule has 82 heavy (non-hydrogen) atoms. The normalized spacial score (nSPS) is 15.5. The van der Waals surface area contributed by atoms with Crippen LogP contribution in [0.3, 0.4) is 0 Å². The lowest BCUT2D eigenvalue weighted by molar-refractivity contribution is 0.601. The Morgan fingerprint density at radius 3 is 1.09 bits per heavy atom. The number of fused-ring (bicyclic) bond motifs is 6. The fourth-order valence-corrected chi connectivity index (χ4v) is 13.3. The van der Waals surface area contributed by atoms with Gasteiger partial charge in [-0.05, 0) is 190 Å². The molecular formula is C76H56F4N2. The Bertz CT molecular complexity index is 4090. The Morgan fingerprint density at radius 1 is 0.329 bits per heavy atom. The summed E-state index contributed by atoms with van der Waals surface area (Å²) >= 11 is 0. The quantitative estimate of drug-likeness (QED) is 0.113.